The second-order valence-corrected chi connectivity index (χ2v) is 9.98. The minimum Gasteiger partial charge on any atom is -0.485 e. The number of hydrogen-bond acceptors (Lipinski definition) is 6. The first kappa shape index (κ1) is 21.9. The van der Waals surface area contributed by atoms with E-state index in [2.05, 4.69) is 33.9 Å². The molecule has 188 valence electrons. The number of nitrogens with two attached hydrogens (primary N) is 1. The molecular formula is C29H35N5O2. The Labute approximate surface area is 216 Å². The summed E-state index contributed by atoms with van der Waals surface area (Å²) in [6.45, 7) is -0.0832. The third kappa shape index (κ3) is 5.89. The number of piperidine rings is 1. The summed E-state index contributed by atoms with van der Waals surface area (Å²) in [7, 11) is 2.14. The van der Waals surface area contributed by atoms with Crippen LogP contribution in [0.2, 0.25) is 0 Å². The van der Waals surface area contributed by atoms with E-state index < -0.39 is 12.2 Å². The van der Waals surface area contributed by atoms with Crippen LogP contribution in [0.5, 0.6) is 5.75 Å². The van der Waals surface area contributed by atoms with Gasteiger partial charge >= 0.3 is 0 Å². The van der Waals surface area contributed by atoms with E-state index in [1.54, 1.807) is 42.7 Å². The molecule has 0 amide bonds. The van der Waals surface area contributed by atoms with Gasteiger partial charge in [-0.05, 0) is 82.4 Å². The highest BCUT2D eigenvalue weighted by Crippen LogP contribution is 2.30. The highest BCUT2D eigenvalue weighted by atomic mass is 16.5. The first-order valence-corrected chi connectivity index (χ1v) is 12.7. The molecule has 1 saturated carbocycles. The average Bonchev–Trinajstić information content (AvgIpc) is 3.40. The molecule has 3 N–H and O–H groups in total. The summed E-state index contributed by atoms with van der Waals surface area (Å²) >= 11 is 0. The Balaban J connectivity index is 1.33. The summed E-state index contributed by atoms with van der Waals surface area (Å²) in [6, 6.07) is 8.91. The fraction of sp³-hybridized carbons (Fsp3) is 0.448. The van der Waals surface area contributed by atoms with E-state index in [9.17, 15) is 5.11 Å². The molecule has 1 saturated heterocycles. The Morgan fingerprint density at radius 1 is 1.17 bits per heavy atom. The van der Waals surface area contributed by atoms with Gasteiger partial charge in [0.05, 0.1) is 15.0 Å². The van der Waals surface area contributed by atoms with Gasteiger partial charge in [0.15, 0.2) is 11.6 Å². The fourth-order valence-corrected chi connectivity index (χ4v) is 4.87. The van der Waals surface area contributed by atoms with Crippen LogP contribution >= 0.6 is 0 Å². The Kier molecular flexibility index (Phi) is 6.53. The molecule has 1 aliphatic carbocycles. The molecule has 3 heterocycles. The zero-order valence-corrected chi connectivity index (χ0v) is 20.8. The normalized spacial score (nSPS) is 19.6. The largest absolute Gasteiger partial charge is 0.485 e. The van der Waals surface area contributed by atoms with Gasteiger partial charge in [0.2, 0.25) is 0 Å². The molecule has 3 aromatic rings. The van der Waals surface area contributed by atoms with Gasteiger partial charge in [-0.1, -0.05) is 30.4 Å². The topological polar surface area (TPSA) is 89.4 Å². The Hall–Kier alpha value is -3.34. The lowest BCUT2D eigenvalue weighted by Crippen LogP contribution is -2.31. The van der Waals surface area contributed by atoms with E-state index in [4.69, 9.17) is 13.2 Å². The van der Waals surface area contributed by atoms with Crippen molar-refractivity contribution in [2.75, 3.05) is 25.9 Å². The van der Waals surface area contributed by atoms with E-state index in [1.165, 1.54) is 0 Å². The van der Waals surface area contributed by atoms with Crippen LogP contribution in [0.3, 0.4) is 0 Å². The molecule has 36 heavy (non-hydrogen) atoms. The average molecular weight is 488 g/mol. The van der Waals surface area contributed by atoms with Crippen molar-refractivity contribution < 1.29 is 12.6 Å². The van der Waals surface area contributed by atoms with E-state index in [0.717, 1.165) is 56.3 Å². The first-order valence-electron chi connectivity index (χ1n) is 13.7. The molecule has 0 atom stereocenters. The number of benzene rings is 1. The second-order valence-electron chi connectivity index (χ2n) is 9.98. The third-order valence-electron chi connectivity index (χ3n) is 7.14. The van der Waals surface area contributed by atoms with Crippen LogP contribution in [0.25, 0.3) is 11.1 Å². The zero-order chi connectivity index (χ0) is 26.8. The van der Waals surface area contributed by atoms with Crippen molar-refractivity contribution in [3.63, 3.8) is 0 Å². The van der Waals surface area contributed by atoms with Crippen LogP contribution in [0.1, 0.15) is 64.9 Å². The van der Waals surface area contributed by atoms with Crippen LogP contribution < -0.4 is 10.5 Å². The van der Waals surface area contributed by atoms with E-state index >= 15 is 0 Å². The number of aromatic nitrogens is 3. The van der Waals surface area contributed by atoms with Gasteiger partial charge in [0, 0.05) is 29.1 Å². The molecule has 5 rings (SSSR count). The summed E-state index contributed by atoms with van der Waals surface area (Å²) in [5, 5.41) is 15.3. The van der Waals surface area contributed by atoms with Crippen molar-refractivity contribution >= 4 is 5.82 Å². The summed E-state index contributed by atoms with van der Waals surface area (Å²) < 4.78 is 25.1. The van der Waals surface area contributed by atoms with Crippen molar-refractivity contribution in [1.82, 2.24) is 19.7 Å². The van der Waals surface area contributed by atoms with Crippen LogP contribution in [0, 0.1) is 11.8 Å². The smallest absolute Gasteiger partial charge is 0.166 e. The van der Waals surface area contributed by atoms with Crippen LogP contribution in [0.4, 0.5) is 5.82 Å². The molecular weight excluding hydrogens is 450 g/mol. The van der Waals surface area contributed by atoms with Gasteiger partial charge in [0.1, 0.15) is 12.2 Å². The quantitative estimate of drug-likeness (QED) is 0.518. The molecule has 7 nitrogen and oxygen atoms in total. The first-order chi connectivity index (χ1) is 18.2. The van der Waals surface area contributed by atoms with E-state index in [0.29, 0.717) is 30.0 Å². The highest BCUT2D eigenvalue weighted by molar-refractivity contribution is 5.65. The molecule has 0 unspecified atom stereocenters. The lowest BCUT2D eigenvalue weighted by molar-refractivity contribution is 0.0610. The predicted octanol–water partition coefficient (Wildman–Crippen LogP) is 4.42. The van der Waals surface area contributed by atoms with Gasteiger partial charge in [-0.25, -0.2) is 4.98 Å². The number of nitrogens with zero attached hydrogens (tertiary/aromatic N) is 4. The SMILES string of the molecule is [2H]C([2H])(Oc1cc(-c2cnn(C3CCN(C)CC3)c2)cnc1N)c1cccc(C#CC2(O)CCCCC2)c1. The van der Waals surface area contributed by atoms with Crippen molar-refractivity contribution in [3.8, 4) is 28.7 Å². The van der Waals surface area contributed by atoms with Gasteiger partial charge < -0.3 is 20.5 Å². The van der Waals surface area contributed by atoms with Gasteiger partial charge in [-0.15, -0.1) is 0 Å². The molecule has 2 fully saturated rings. The number of aliphatic hydroxyl groups is 1. The molecule has 1 aromatic carbocycles. The van der Waals surface area contributed by atoms with E-state index in [1.807, 2.05) is 10.9 Å². The Morgan fingerprint density at radius 3 is 2.78 bits per heavy atom. The summed E-state index contributed by atoms with van der Waals surface area (Å²) in [4.78, 5) is 6.59. The number of nitrogen functional groups attached to an aromatic ring is 1. The summed E-state index contributed by atoms with van der Waals surface area (Å²) in [5.74, 6) is 6.31. The molecule has 1 aliphatic heterocycles. The summed E-state index contributed by atoms with van der Waals surface area (Å²) in [6.07, 6.45) is 12.0. The predicted molar refractivity (Wildman–Crippen MR) is 141 cm³/mol. The zero-order valence-electron chi connectivity index (χ0n) is 22.8. The lowest BCUT2D eigenvalue weighted by Gasteiger charge is -2.28. The maximum Gasteiger partial charge on any atom is 0.166 e. The van der Waals surface area contributed by atoms with E-state index in [-0.39, 0.29) is 11.6 Å². The number of ether oxygens (including phenoxy) is 1. The summed E-state index contributed by atoms with van der Waals surface area (Å²) in [5.41, 5.74) is 7.67. The highest BCUT2D eigenvalue weighted by Gasteiger charge is 2.26. The maximum atomic E-state index is 10.7. The molecule has 0 spiro atoms. The minimum atomic E-state index is -2.17. The van der Waals surface area contributed by atoms with Crippen LogP contribution in [-0.2, 0) is 6.56 Å². The minimum absolute atomic E-state index is 0.107. The van der Waals surface area contributed by atoms with Crippen LogP contribution in [0.15, 0.2) is 48.9 Å². The lowest BCUT2D eigenvalue weighted by atomic mass is 9.85. The van der Waals surface area contributed by atoms with Crippen molar-refractivity contribution in [1.29, 1.82) is 0 Å². The van der Waals surface area contributed by atoms with Gasteiger partial charge in [-0.3, -0.25) is 4.68 Å². The molecule has 0 bridgehead atoms. The maximum absolute atomic E-state index is 10.7. The van der Waals surface area contributed by atoms with Crippen molar-refractivity contribution in [2.24, 2.45) is 0 Å². The second kappa shape index (κ2) is 10.7. The molecule has 7 heteroatoms. The Morgan fingerprint density at radius 2 is 1.97 bits per heavy atom. The van der Waals surface area contributed by atoms with Gasteiger partial charge in [0.25, 0.3) is 0 Å². The Bertz CT molecular complexity index is 1330. The number of hydrogen-bond donors (Lipinski definition) is 2. The number of likely N-dealkylation sites (tertiary alicyclic amines) is 1. The van der Waals surface area contributed by atoms with Crippen molar-refractivity contribution in [3.05, 3.63) is 60.0 Å². The molecule has 0 radical (unpaired) electrons. The fourth-order valence-electron chi connectivity index (χ4n) is 4.87. The third-order valence-corrected chi connectivity index (χ3v) is 7.14. The number of pyridine rings is 1. The molecule has 2 aliphatic rings. The van der Waals surface area contributed by atoms with Crippen molar-refractivity contribution in [2.45, 2.75) is 63.1 Å². The number of anilines is 1. The van der Waals surface area contributed by atoms with Gasteiger partial charge in [-0.2, -0.15) is 5.10 Å². The number of rotatable bonds is 5. The monoisotopic (exact) mass is 487 g/mol. The van der Waals surface area contributed by atoms with Crippen LogP contribution in [-0.4, -0.2) is 50.5 Å². The standard InChI is InChI=1S/C29H35N5O2/c1-33-14-9-26(10-15-33)34-20-25(19-32-34)24-17-27(28(30)31-18-24)36-21-23-7-5-6-22(16-23)8-13-29(35)11-3-2-4-12-29/h5-7,16-20,26,35H,2-4,9-12,14-15,21H2,1H3,(H2,30,31)/i21D2. The molecule has 2 aromatic heterocycles.